The van der Waals surface area contributed by atoms with Crippen LogP contribution in [-0.4, -0.2) is 16.7 Å². The minimum absolute atomic E-state index is 0.0412. The Hall–Kier alpha value is -2.74. The van der Waals surface area contributed by atoms with Gasteiger partial charge in [-0.3, -0.25) is 19.7 Å². The van der Waals surface area contributed by atoms with E-state index in [0.717, 1.165) is 36.1 Å². The molecule has 0 spiro atoms. The summed E-state index contributed by atoms with van der Waals surface area (Å²) >= 11 is 1.41. The van der Waals surface area contributed by atoms with Gasteiger partial charge < -0.3 is 11.1 Å². The molecule has 3 rings (SSSR count). The number of hydrogen-bond donors (Lipinski definition) is 2. The minimum atomic E-state index is -0.545. The number of hydrogen-bond acceptors (Lipinski definition) is 5. The van der Waals surface area contributed by atoms with Crippen LogP contribution in [0.1, 0.15) is 70.3 Å². The molecular weight excluding hydrogens is 402 g/mol. The Morgan fingerprint density at radius 3 is 2.63 bits per heavy atom. The first-order valence-corrected chi connectivity index (χ1v) is 10.9. The van der Waals surface area contributed by atoms with Gasteiger partial charge in [0.25, 0.3) is 17.5 Å². The summed E-state index contributed by atoms with van der Waals surface area (Å²) in [6.45, 7) is 8.32. The summed E-state index contributed by atoms with van der Waals surface area (Å²) in [5, 5.41) is 14.3. The molecule has 0 radical (unpaired) electrons. The van der Waals surface area contributed by atoms with Gasteiger partial charge in [0, 0.05) is 22.1 Å². The average Bonchev–Trinajstić information content (AvgIpc) is 3.04. The molecule has 30 heavy (non-hydrogen) atoms. The third kappa shape index (κ3) is 4.09. The number of aryl methyl sites for hydroxylation is 1. The summed E-state index contributed by atoms with van der Waals surface area (Å²) in [5.74, 6) is -0.453. The second-order valence-electron chi connectivity index (χ2n) is 8.57. The first-order chi connectivity index (χ1) is 14.0. The van der Waals surface area contributed by atoms with Crippen LogP contribution in [0.3, 0.4) is 0 Å². The van der Waals surface area contributed by atoms with Crippen molar-refractivity contribution in [3.05, 3.63) is 55.4 Å². The molecule has 2 amide bonds. The Balaban J connectivity index is 1.90. The van der Waals surface area contributed by atoms with Crippen LogP contribution in [0.2, 0.25) is 0 Å². The van der Waals surface area contributed by atoms with E-state index >= 15 is 0 Å². The van der Waals surface area contributed by atoms with Gasteiger partial charge in [0.1, 0.15) is 5.00 Å². The number of nitro groups is 1. The number of amides is 2. The largest absolute Gasteiger partial charge is 0.365 e. The highest BCUT2D eigenvalue weighted by molar-refractivity contribution is 7.17. The van der Waals surface area contributed by atoms with Crippen LogP contribution in [0.25, 0.3) is 0 Å². The molecule has 1 aromatic carbocycles. The standard InChI is InChI=1S/C22H27N3O4S/c1-5-22(3,4)14-7-8-15-17(11-14)30-21(18(15)19(23)26)24-20(27)13-6-9-16(25(28)29)12(2)10-13/h6,9-10,14H,5,7-8,11H2,1-4H3,(H2,23,26)(H,24,27)/t14-/m0/s1. The van der Waals surface area contributed by atoms with Gasteiger partial charge in [-0.2, -0.15) is 0 Å². The number of nitro benzene ring substituents is 1. The fraction of sp³-hybridized carbons (Fsp3) is 0.455. The minimum Gasteiger partial charge on any atom is -0.365 e. The molecule has 1 aliphatic carbocycles. The highest BCUT2D eigenvalue weighted by Gasteiger charge is 2.35. The van der Waals surface area contributed by atoms with Crippen molar-refractivity contribution in [3.63, 3.8) is 0 Å². The molecule has 2 aromatic rings. The number of thiophene rings is 1. The number of nitrogens with two attached hydrogens (primary N) is 1. The summed E-state index contributed by atoms with van der Waals surface area (Å²) in [4.78, 5) is 36.6. The van der Waals surface area contributed by atoms with Crippen molar-refractivity contribution < 1.29 is 14.5 Å². The number of carbonyl (C=O) groups excluding carboxylic acids is 2. The average molecular weight is 430 g/mol. The number of carbonyl (C=O) groups is 2. The molecule has 1 heterocycles. The van der Waals surface area contributed by atoms with E-state index in [2.05, 4.69) is 26.1 Å². The number of fused-ring (bicyclic) bond motifs is 1. The van der Waals surface area contributed by atoms with Gasteiger partial charge >= 0.3 is 0 Å². The number of rotatable bonds is 6. The van der Waals surface area contributed by atoms with Crippen molar-refractivity contribution in [2.24, 2.45) is 17.1 Å². The first-order valence-electron chi connectivity index (χ1n) is 10.1. The molecule has 1 atom stereocenters. The molecule has 3 N–H and O–H groups in total. The van der Waals surface area contributed by atoms with Crippen molar-refractivity contribution in [2.75, 3.05) is 5.32 Å². The van der Waals surface area contributed by atoms with Crippen molar-refractivity contribution >= 4 is 33.8 Å². The Kier molecular flexibility index (Phi) is 5.99. The van der Waals surface area contributed by atoms with Crippen LogP contribution in [-0.2, 0) is 12.8 Å². The van der Waals surface area contributed by atoms with Gasteiger partial charge in [0.15, 0.2) is 0 Å². The number of nitrogens with one attached hydrogen (secondary N) is 1. The maximum absolute atomic E-state index is 12.8. The number of anilines is 1. The summed E-state index contributed by atoms with van der Waals surface area (Å²) < 4.78 is 0. The molecule has 0 aliphatic heterocycles. The molecule has 0 bridgehead atoms. The molecule has 0 saturated carbocycles. The normalized spacial score (nSPS) is 16.1. The zero-order chi connectivity index (χ0) is 22.2. The Morgan fingerprint density at radius 1 is 1.37 bits per heavy atom. The summed E-state index contributed by atoms with van der Waals surface area (Å²) in [5.41, 5.74) is 7.87. The van der Waals surface area contributed by atoms with Crippen LogP contribution >= 0.6 is 11.3 Å². The van der Waals surface area contributed by atoms with Gasteiger partial charge in [-0.25, -0.2) is 0 Å². The van der Waals surface area contributed by atoms with Crippen molar-refractivity contribution in [1.82, 2.24) is 0 Å². The maximum Gasteiger partial charge on any atom is 0.272 e. The summed E-state index contributed by atoms with van der Waals surface area (Å²) in [6.07, 6.45) is 3.70. The van der Waals surface area contributed by atoms with Crippen LogP contribution in [0.5, 0.6) is 0 Å². The smallest absolute Gasteiger partial charge is 0.272 e. The lowest BCUT2D eigenvalue weighted by molar-refractivity contribution is -0.385. The molecule has 1 aromatic heterocycles. The van der Waals surface area contributed by atoms with E-state index in [4.69, 9.17) is 5.73 Å². The highest BCUT2D eigenvalue weighted by atomic mass is 32.1. The fourth-order valence-corrected chi connectivity index (χ4v) is 5.39. The Labute approximate surface area is 179 Å². The Morgan fingerprint density at radius 2 is 2.07 bits per heavy atom. The third-order valence-corrected chi connectivity index (χ3v) is 7.58. The van der Waals surface area contributed by atoms with Crippen molar-refractivity contribution in [3.8, 4) is 0 Å². The lowest BCUT2D eigenvalue weighted by atomic mass is 9.69. The van der Waals surface area contributed by atoms with Crippen LogP contribution in [0.4, 0.5) is 10.7 Å². The van der Waals surface area contributed by atoms with E-state index in [0.29, 0.717) is 27.6 Å². The zero-order valence-corrected chi connectivity index (χ0v) is 18.5. The van der Waals surface area contributed by atoms with Gasteiger partial charge in [-0.05, 0) is 55.2 Å². The van der Waals surface area contributed by atoms with Gasteiger partial charge in [0.2, 0.25) is 0 Å². The molecule has 0 saturated heterocycles. The van der Waals surface area contributed by atoms with E-state index in [-0.39, 0.29) is 11.1 Å². The SMILES string of the molecule is CCC(C)(C)[C@H]1CCc2c(sc(NC(=O)c3ccc([N+](=O)[O-])c(C)c3)c2C(N)=O)C1. The van der Waals surface area contributed by atoms with E-state index in [1.165, 1.54) is 29.5 Å². The molecular formula is C22H27N3O4S. The van der Waals surface area contributed by atoms with Gasteiger partial charge in [0.05, 0.1) is 10.5 Å². The van der Waals surface area contributed by atoms with E-state index in [1.54, 1.807) is 6.92 Å². The van der Waals surface area contributed by atoms with E-state index in [9.17, 15) is 19.7 Å². The van der Waals surface area contributed by atoms with Crippen molar-refractivity contribution in [2.45, 2.75) is 53.4 Å². The van der Waals surface area contributed by atoms with Crippen molar-refractivity contribution in [1.29, 1.82) is 0 Å². The quantitative estimate of drug-likeness (QED) is 0.504. The molecule has 1 aliphatic rings. The highest BCUT2D eigenvalue weighted by Crippen LogP contribution is 2.45. The van der Waals surface area contributed by atoms with Crippen LogP contribution in [0.15, 0.2) is 18.2 Å². The predicted octanol–water partition coefficient (Wildman–Crippen LogP) is 4.86. The summed E-state index contributed by atoms with van der Waals surface area (Å²) in [6, 6.07) is 4.21. The number of primary amides is 1. The molecule has 160 valence electrons. The maximum atomic E-state index is 12.8. The molecule has 0 unspecified atom stereocenters. The number of benzene rings is 1. The van der Waals surface area contributed by atoms with Crippen LogP contribution in [0, 0.1) is 28.4 Å². The second-order valence-corrected chi connectivity index (χ2v) is 9.67. The summed E-state index contributed by atoms with van der Waals surface area (Å²) in [7, 11) is 0. The fourth-order valence-electron chi connectivity index (χ4n) is 4.07. The predicted molar refractivity (Wildman–Crippen MR) is 118 cm³/mol. The van der Waals surface area contributed by atoms with E-state index < -0.39 is 16.7 Å². The lowest BCUT2D eigenvalue weighted by Gasteiger charge is -2.36. The number of nitrogens with zero attached hydrogens (tertiary/aromatic N) is 1. The zero-order valence-electron chi connectivity index (χ0n) is 17.7. The monoisotopic (exact) mass is 429 g/mol. The molecule has 0 fully saturated rings. The topological polar surface area (TPSA) is 115 Å². The Bertz CT molecular complexity index is 1030. The lowest BCUT2D eigenvalue weighted by Crippen LogP contribution is -2.29. The second kappa shape index (κ2) is 8.18. The van der Waals surface area contributed by atoms with Gasteiger partial charge in [-0.15, -0.1) is 11.3 Å². The first kappa shape index (κ1) is 22.0. The van der Waals surface area contributed by atoms with Gasteiger partial charge in [-0.1, -0.05) is 27.2 Å². The van der Waals surface area contributed by atoms with E-state index in [1.807, 2.05) is 0 Å². The third-order valence-electron chi connectivity index (χ3n) is 6.41. The molecule has 8 heteroatoms. The molecule has 7 nitrogen and oxygen atoms in total. The van der Waals surface area contributed by atoms with Crippen LogP contribution < -0.4 is 11.1 Å².